The molecule has 0 aliphatic heterocycles. The fraction of sp³-hybridized carbons (Fsp3) is 0.533. The zero-order valence-electron chi connectivity index (χ0n) is 13.7. The number of halogens is 1. The van der Waals surface area contributed by atoms with Crippen molar-refractivity contribution in [3.05, 3.63) is 34.4 Å². The van der Waals surface area contributed by atoms with Gasteiger partial charge in [-0.2, -0.15) is 0 Å². The molecule has 0 heterocycles. The van der Waals surface area contributed by atoms with E-state index in [2.05, 4.69) is 5.32 Å². The molecule has 130 valence electrons. The van der Waals surface area contributed by atoms with Gasteiger partial charge in [0, 0.05) is 23.6 Å². The number of nitrogens with two attached hydrogens (primary N) is 1. The summed E-state index contributed by atoms with van der Waals surface area (Å²) in [6, 6.07) is 6.17. The fourth-order valence-electron chi connectivity index (χ4n) is 1.72. The van der Waals surface area contributed by atoms with Crippen LogP contribution >= 0.6 is 24.2 Å². The van der Waals surface area contributed by atoms with E-state index in [1.54, 1.807) is 19.1 Å². The van der Waals surface area contributed by atoms with Crippen LogP contribution in [-0.2, 0) is 4.79 Å². The minimum atomic E-state index is -0.445. The topological polar surface area (TPSA) is 98.3 Å². The molecule has 0 bridgehead atoms. The predicted molar refractivity (Wildman–Crippen MR) is 96.1 cm³/mol. The molecule has 0 aromatic heterocycles. The van der Waals surface area contributed by atoms with Crippen molar-refractivity contribution in [1.29, 1.82) is 0 Å². The van der Waals surface area contributed by atoms with Crippen molar-refractivity contribution in [1.82, 2.24) is 5.32 Å². The summed E-state index contributed by atoms with van der Waals surface area (Å²) in [6.45, 7) is 8.13. The third-order valence-corrected chi connectivity index (χ3v) is 4.95. The molecule has 0 spiro atoms. The largest absolute Gasteiger partial charge is 0.348 e. The van der Waals surface area contributed by atoms with Crippen LogP contribution in [0.25, 0.3) is 0 Å². The molecule has 1 aromatic rings. The Balaban J connectivity index is 0.00000484. The third kappa shape index (κ3) is 6.01. The Bertz CT molecular complexity index is 539. The number of nitrogens with one attached hydrogen (secondary N) is 1. The van der Waals surface area contributed by atoms with Crippen molar-refractivity contribution in [2.75, 3.05) is 6.54 Å². The number of nitro benzene ring substituents is 1. The molecule has 1 aromatic carbocycles. The van der Waals surface area contributed by atoms with Gasteiger partial charge in [-0.1, -0.05) is 13.8 Å². The van der Waals surface area contributed by atoms with E-state index in [0.29, 0.717) is 6.54 Å². The van der Waals surface area contributed by atoms with Crippen LogP contribution < -0.4 is 11.1 Å². The number of thioether (sulfide) groups is 1. The minimum absolute atomic E-state index is 0. The van der Waals surface area contributed by atoms with Gasteiger partial charge in [0.25, 0.3) is 5.69 Å². The molecule has 8 heteroatoms. The van der Waals surface area contributed by atoms with Gasteiger partial charge in [0.2, 0.25) is 5.91 Å². The highest BCUT2D eigenvalue weighted by atomic mass is 35.5. The van der Waals surface area contributed by atoms with Gasteiger partial charge in [-0.15, -0.1) is 24.2 Å². The first-order chi connectivity index (χ1) is 10.2. The Labute approximate surface area is 147 Å². The molecule has 0 saturated carbocycles. The normalized spacial score (nSPS) is 14.5. The van der Waals surface area contributed by atoms with Gasteiger partial charge >= 0.3 is 0 Å². The lowest BCUT2D eigenvalue weighted by Gasteiger charge is -2.34. The number of hydrogen-bond acceptors (Lipinski definition) is 5. The van der Waals surface area contributed by atoms with E-state index in [1.165, 1.54) is 23.9 Å². The van der Waals surface area contributed by atoms with E-state index >= 15 is 0 Å². The van der Waals surface area contributed by atoms with Crippen LogP contribution in [0.4, 0.5) is 5.69 Å². The molecule has 23 heavy (non-hydrogen) atoms. The predicted octanol–water partition coefficient (Wildman–Crippen LogP) is 2.99. The van der Waals surface area contributed by atoms with E-state index in [1.807, 2.05) is 20.8 Å². The molecule has 0 saturated heterocycles. The SMILES string of the molecule is CC(Sc1ccc([N+](=O)[O-])cc1)C(=O)NC(C)(CN)C(C)C.Cl. The molecular formula is C15H24ClN3O3S. The lowest BCUT2D eigenvalue weighted by Crippen LogP contribution is -2.56. The Morgan fingerprint density at radius 3 is 2.26 bits per heavy atom. The van der Waals surface area contributed by atoms with Crippen LogP contribution in [0.15, 0.2) is 29.2 Å². The fourth-order valence-corrected chi connectivity index (χ4v) is 2.59. The second-order valence-electron chi connectivity index (χ2n) is 5.78. The van der Waals surface area contributed by atoms with Gasteiger partial charge < -0.3 is 11.1 Å². The van der Waals surface area contributed by atoms with Gasteiger partial charge in [0.15, 0.2) is 0 Å². The number of benzene rings is 1. The van der Waals surface area contributed by atoms with Crippen LogP contribution in [0.5, 0.6) is 0 Å². The number of nitro groups is 1. The van der Waals surface area contributed by atoms with Gasteiger partial charge in [-0.25, -0.2) is 0 Å². The van der Waals surface area contributed by atoms with Crippen molar-refractivity contribution >= 4 is 35.8 Å². The Hall–Kier alpha value is -1.31. The lowest BCUT2D eigenvalue weighted by atomic mass is 9.88. The quantitative estimate of drug-likeness (QED) is 0.442. The van der Waals surface area contributed by atoms with E-state index in [9.17, 15) is 14.9 Å². The minimum Gasteiger partial charge on any atom is -0.348 e. The number of hydrogen-bond donors (Lipinski definition) is 2. The van der Waals surface area contributed by atoms with Gasteiger partial charge in [-0.3, -0.25) is 14.9 Å². The number of carbonyl (C=O) groups excluding carboxylic acids is 1. The zero-order valence-corrected chi connectivity index (χ0v) is 15.4. The van der Waals surface area contributed by atoms with E-state index in [-0.39, 0.29) is 35.2 Å². The van der Waals surface area contributed by atoms with Crippen LogP contribution in [0.1, 0.15) is 27.7 Å². The summed E-state index contributed by atoms with van der Waals surface area (Å²) < 4.78 is 0. The van der Waals surface area contributed by atoms with Crippen LogP contribution in [0.2, 0.25) is 0 Å². The molecule has 0 aliphatic carbocycles. The smallest absolute Gasteiger partial charge is 0.269 e. The maximum absolute atomic E-state index is 12.3. The Morgan fingerprint density at radius 1 is 1.35 bits per heavy atom. The third-order valence-electron chi connectivity index (χ3n) is 3.84. The molecular weight excluding hydrogens is 338 g/mol. The van der Waals surface area contributed by atoms with E-state index in [0.717, 1.165) is 4.90 Å². The number of rotatable bonds is 7. The maximum atomic E-state index is 12.3. The first-order valence-electron chi connectivity index (χ1n) is 7.13. The second kappa shape index (κ2) is 9.10. The van der Waals surface area contributed by atoms with Gasteiger partial charge in [-0.05, 0) is 31.9 Å². The number of nitrogens with zero attached hydrogens (tertiary/aromatic N) is 1. The van der Waals surface area contributed by atoms with Crippen molar-refractivity contribution in [2.45, 2.75) is 43.4 Å². The first kappa shape index (κ1) is 21.7. The summed E-state index contributed by atoms with van der Waals surface area (Å²) in [4.78, 5) is 23.3. The standard InChI is InChI=1S/C15H23N3O3S.ClH/c1-10(2)15(4,9-16)17-14(19)11(3)22-13-7-5-12(6-8-13)18(20)21;/h5-8,10-11H,9,16H2,1-4H3,(H,17,19);1H. The highest BCUT2D eigenvalue weighted by molar-refractivity contribution is 8.00. The number of amides is 1. The van der Waals surface area contributed by atoms with Gasteiger partial charge in [0.1, 0.15) is 0 Å². The molecule has 6 nitrogen and oxygen atoms in total. The van der Waals surface area contributed by atoms with E-state index < -0.39 is 10.5 Å². The van der Waals surface area contributed by atoms with Crippen LogP contribution in [-0.4, -0.2) is 28.2 Å². The summed E-state index contributed by atoms with van der Waals surface area (Å²) >= 11 is 1.36. The van der Waals surface area contributed by atoms with Crippen molar-refractivity contribution in [3.63, 3.8) is 0 Å². The monoisotopic (exact) mass is 361 g/mol. The molecule has 2 unspecified atom stereocenters. The zero-order chi connectivity index (χ0) is 16.9. The molecule has 1 amide bonds. The van der Waals surface area contributed by atoms with Gasteiger partial charge in [0.05, 0.1) is 15.7 Å². The summed E-state index contributed by atoms with van der Waals surface area (Å²) in [5.41, 5.74) is 5.36. The maximum Gasteiger partial charge on any atom is 0.269 e. The molecule has 0 fully saturated rings. The molecule has 0 aliphatic rings. The Kier molecular flexibility index (Phi) is 8.58. The summed E-state index contributed by atoms with van der Waals surface area (Å²) in [7, 11) is 0. The Morgan fingerprint density at radius 2 is 1.87 bits per heavy atom. The first-order valence-corrected chi connectivity index (χ1v) is 8.00. The summed E-state index contributed by atoms with van der Waals surface area (Å²) in [5.74, 6) is 0.128. The molecule has 3 N–H and O–H groups in total. The van der Waals surface area contributed by atoms with Crippen molar-refractivity contribution in [2.24, 2.45) is 11.7 Å². The van der Waals surface area contributed by atoms with Crippen molar-refractivity contribution < 1.29 is 9.72 Å². The van der Waals surface area contributed by atoms with Crippen LogP contribution in [0, 0.1) is 16.0 Å². The second-order valence-corrected chi connectivity index (χ2v) is 7.19. The van der Waals surface area contributed by atoms with Crippen molar-refractivity contribution in [3.8, 4) is 0 Å². The average molecular weight is 362 g/mol. The molecule has 1 rings (SSSR count). The summed E-state index contributed by atoms with van der Waals surface area (Å²) in [6.07, 6.45) is 0. The number of carbonyl (C=O) groups is 1. The summed E-state index contributed by atoms with van der Waals surface area (Å²) in [5, 5.41) is 13.3. The highest BCUT2D eigenvalue weighted by Crippen LogP contribution is 2.26. The van der Waals surface area contributed by atoms with Crippen LogP contribution in [0.3, 0.4) is 0 Å². The molecule has 2 atom stereocenters. The lowest BCUT2D eigenvalue weighted by molar-refractivity contribution is -0.384. The molecule has 0 radical (unpaired) electrons. The number of non-ortho nitro benzene ring substituents is 1. The van der Waals surface area contributed by atoms with E-state index in [4.69, 9.17) is 5.73 Å². The highest BCUT2D eigenvalue weighted by Gasteiger charge is 2.30. The average Bonchev–Trinajstić information content (AvgIpc) is 2.47.